The molecule has 0 aliphatic heterocycles. The molecule has 0 amide bonds. The van der Waals surface area contributed by atoms with Gasteiger partial charge in [-0.25, -0.2) is 54.8 Å². The number of halogens is 7. The Morgan fingerprint density at radius 1 is 0.230 bits per heavy atom. The van der Waals surface area contributed by atoms with Crippen LogP contribution >= 0.6 is 161 Å². The predicted octanol–water partition coefficient (Wildman–Crippen LogP) is 26.6. The average Bonchev–Trinajstić information content (AvgIpc) is 1.48. The van der Waals surface area contributed by atoms with Crippen molar-refractivity contribution in [2.75, 3.05) is 0 Å². The quantitative estimate of drug-likeness (QED) is 0.120. The van der Waals surface area contributed by atoms with Crippen LogP contribution in [-0.4, -0.2) is 54.8 Å². The van der Waals surface area contributed by atoms with Crippen molar-refractivity contribution in [1.29, 1.82) is 0 Å². The topological polar surface area (TPSA) is 142 Å². The molecule has 0 N–H and O–H groups in total. The first kappa shape index (κ1) is 70.1. The van der Waals surface area contributed by atoms with Gasteiger partial charge in [0.25, 0.3) is 0 Å². The summed E-state index contributed by atoms with van der Waals surface area (Å²) in [6, 6.07) is 70.9. The van der Waals surface area contributed by atoms with Gasteiger partial charge < -0.3 is 0 Å². The molecule has 490 valence electrons. The fourth-order valence-corrected chi connectivity index (χ4v) is 16.5. The van der Waals surface area contributed by atoms with E-state index in [1.807, 2.05) is 171 Å². The zero-order valence-corrected chi connectivity index (χ0v) is 62.3. The van der Waals surface area contributed by atoms with Crippen molar-refractivity contribution >= 4 is 232 Å². The van der Waals surface area contributed by atoms with Crippen molar-refractivity contribution in [3.05, 3.63) is 299 Å². The predicted molar refractivity (Wildman–Crippen MR) is 431 cm³/mol. The summed E-state index contributed by atoms with van der Waals surface area (Å²) < 4.78 is 2.38. The van der Waals surface area contributed by atoms with Gasteiger partial charge in [-0.3, -0.25) is 0 Å². The molecular formula is C75H44Cl7N11S7. The minimum absolute atomic E-state index is 0.287. The Balaban J connectivity index is 0.000000108. The lowest BCUT2D eigenvalue weighted by molar-refractivity contribution is 1.24. The van der Waals surface area contributed by atoms with Crippen molar-refractivity contribution in [3.63, 3.8) is 0 Å². The molecule has 100 heavy (non-hydrogen) atoms. The number of rotatable bonds is 5. The highest BCUT2D eigenvalue weighted by atomic mass is 35.5. The van der Waals surface area contributed by atoms with E-state index in [0.29, 0.717) is 25.9 Å². The van der Waals surface area contributed by atoms with Crippen molar-refractivity contribution < 1.29 is 0 Å². The molecule has 5 aromatic carbocycles. The smallest absolute Gasteiger partial charge is 0.224 e. The summed E-state index contributed by atoms with van der Waals surface area (Å²) in [6.07, 6.45) is 3.34. The number of fused-ring (bicyclic) bond motifs is 7. The highest BCUT2D eigenvalue weighted by molar-refractivity contribution is 7.18. The van der Waals surface area contributed by atoms with E-state index in [9.17, 15) is 0 Å². The highest BCUT2D eigenvalue weighted by Crippen LogP contribution is 2.36. The van der Waals surface area contributed by atoms with Crippen LogP contribution in [0.25, 0.3) is 128 Å². The Morgan fingerprint density at radius 3 is 1.29 bits per heavy atom. The van der Waals surface area contributed by atoms with Gasteiger partial charge in [0.05, 0.1) is 33.5 Å². The third-order valence-corrected chi connectivity index (χ3v) is 21.6. The molecule has 14 heterocycles. The number of aromatic nitrogens is 11. The summed E-state index contributed by atoms with van der Waals surface area (Å²) in [7, 11) is 0. The number of hydrogen-bond donors (Lipinski definition) is 0. The second kappa shape index (κ2) is 33.9. The first-order chi connectivity index (χ1) is 48.9. The van der Waals surface area contributed by atoms with Gasteiger partial charge in [-0.05, 0) is 174 Å². The van der Waals surface area contributed by atoms with E-state index < -0.39 is 0 Å². The molecule has 19 aromatic rings. The number of thiophene rings is 7. The van der Waals surface area contributed by atoms with Crippen molar-refractivity contribution in [1.82, 2.24) is 54.8 Å². The molecule has 14 aromatic heterocycles. The Morgan fingerprint density at radius 2 is 0.660 bits per heavy atom. The number of benzene rings is 5. The van der Waals surface area contributed by atoms with Crippen LogP contribution in [-0.2, 0) is 0 Å². The summed E-state index contributed by atoms with van der Waals surface area (Å²) in [6.45, 7) is 0. The Hall–Kier alpha value is -8.38. The van der Waals surface area contributed by atoms with Gasteiger partial charge in [0.15, 0.2) is 0 Å². The second-order valence-corrected chi connectivity index (χ2v) is 29.8. The lowest BCUT2D eigenvalue weighted by atomic mass is 10.0. The van der Waals surface area contributed by atoms with E-state index in [0.717, 1.165) is 101 Å². The summed E-state index contributed by atoms with van der Waals surface area (Å²) in [5.41, 5.74) is 12.4. The van der Waals surface area contributed by atoms with Gasteiger partial charge in [0.2, 0.25) is 15.9 Å². The molecule has 0 saturated heterocycles. The SMILES string of the molecule is Clc1cc2sccc2cn1.Clc1ccc2ccsc2n1.Clc1ccc2sccc2n1.Clc1cnc2sccc2n1.Clc1nc(-c2ccc(-c3ccccc3)cc2)c2ccsc2n1.Clc1nc(-c2cccc(-c3ccccc3)c2)c2ccsc2n1.Clc1nc(-c2ccccc2)c2ccsc2n1. The van der Waals surface area contributed by atoms with E-state index in [4.69, 9.17) is 81.2 Å². The van der Waals surface area contributed by atoms with Crippen molar-refractivity contribution in [3.8, 4) is 56.0 Å². The summed E-state index contributed by atoms with van der Waals surface area (Å²) in [5, 5.41) is 22.5. The monoisotopic (exact) mass is 1570 g/mol. The average molecular weight is 1570 g/mol. The summed E-state index contributed by atoms with van der Waals surface area (Å²) in [4.78, 5) is 50.9. The molecular weight excluding hydrogens is 1530 g/mol. The maximum atomic E-state index is 6.07. The van der Waals surface area contributed by atoms with Crippen LogP contribution in [0.2, 0.25) is 36.5 Å². The van der Waals surface area contributed by atoms with Crippen LogP contribution in [0.1, 0.15) is 0 Å². The van der Waals surface area contributed by atoms with Gasteiger partial charge in [-0.1, -0.05) is 180 Å². The van der Waals surface area contributed by atoms with Crippen molar-refractivity contribution in [2.24, 2.45) is 0 Å². The third kappa shape index (κ3) is 18.0. The van der Waals surface area contributed by atoms with Gasteiger partial charge in [0.1, 0.15) is 50.3 Å². The van der Waals surface area contributed by atoms with Crippen LogP contribution in [0.15, 0.2) is 262 Å². The Kier molecular flexibility index (Phi) is 23.7. The lowest BCUT2D eigenvalue weighted by Crippen LogP contribution is -1.89. The second-order valence-electron chi connectivity index (χ2n) is 20.9. The Labute approximate surface area is 635 Å². The molecule has 0 aliphatic carbocycles. The van der Waals surface area contributed by atoms with Gasteiger partial charge >= 0.3 is 0 Å². The molecule has 0 saturated carbocycles. The first-order valence-electron chi connectivity index (χ1n) is 29.8. The maximum absolute atomic E-state index is 6.07. The summed E-state index contributed by atoms with van der Waals surface area (Å²) in [5.74, 6) is 0. The van der Waals surface area contributed by atoms with E-state index in [1.165, 1.54) is 26.1 Å². The van der Waals surface area contributed by atoms with Crippen LogP contribution in [0.4, 0.5) is 0 Å². The largest absolute Gasteiger partial charge is 0.244 e. The maximum Gasteiger partial charge on any atom is 0.224 e. The fraction of sp³-hybridized carbons (Fsp3) is 0. The Bertz CT molecular complexity index is 5610. The third-order valence-electron chi connectivity index (χ3n) is 14.4. The summed E-state index contributed by atoms with van der Waals surface area (Å²) >= 11 is 51.9. The molecule has 0 atom stereocenters. The van der Waals surface area contributed by atoms with E-state index in [1.54, 1.807) is 104 Å². The lowest BCUT2D eigenvalue weighted by Gasteiger charge is -2.07. The van der Waals surface area contributed by atoms with Crippen LogP contribution in [0.5, 0.6) is 0 Å². The van der Waals surface area contributed by atoms with Crippen LogP contribution in [0, 0.1) is 0 Å². The molecule has 0 unspecified atom stereocenters. The molecule has 19 rings (SSSR count). The normalized spacial score (nSPS) is 10.8. The zero-order chi connectivity index (χ0) is 68.7. The van der Waals surface area contributed by atoms with Gasteiger partial charge in [0, 0.05) is 54.5 Å². The zero-order valence-electron chi connectivity index (χ0n) is 51.3. The van der Waals surface area contributed by atoms with E-state index in [2.05, 4.69) is 122 Å². The standard InChI is InChI=1S/2C18H11ClN2S.C12H7ClN2S.3C7H4ClNS.C6H3ClN2S/c19-18-20-16(15-9-10-22-17(15)21-18)14-8-4-7-13(11-14)12-5-2-1-3-6-12;19-18-20-16(15-10-11-22-17(15)21-18)14-8-6-13(7-9-14)12-4-2-1-3-5-12;13-12-14-10(8-4-2-1-3-5-8)9-6-7-16-11(9)15-12;8-7-3-6-5(4-9-7)1-2-10-6;8-7-2-1-6-5(9-7)3-4-10-6;8-6-2-1-5-3-4-10-7(5)9-6;7-5-3-8-6-4(9-5)1-2-10-6/h2*1-11H;1-7H;3*1-4H;1-3H. The fourth-order valence-electron chi connectivity index (χ4n) is 9.89. The molecule has 0 fully saturated rings. The minimum Gasteiger partial charge on any atom is -0.244 e. The molecule has 0 radical (unpaired) electrons. The number of nitrogens with zero attached hydrogens (tertiary/aromatic N) is 11. The molecule has 25 heteroatoms. The molecule has 0 aliphatic rings. The van der Waals surface area contributed by atoms with Crippen LogP contribution < -0.4 is 0 Å². The number of hydrogen-bond acceptors (Lipinski definition) is 18. The van der Waals surface area contributed by atoms with E-state index >= 15 is 0 Å². The molecule has 0 spiro atoms. The van der Waals surface area contributed by atoms with Gasteiger partial charge in [-0.2, -0.15) is 0 Å². The van der Waals surface area contributed by atoms with Crippen molar-refractivity contribution in [2.45, 2.75) is 0 Å². The van der Waals surface area contributed by atoms with E-state index in [-0.39, 0.29) is 10.6 Å². The highest BCUT2D eigenvalue weighted by Gasteiger charge is 2.14. The van der Waals surface area contributed by atoms with Crippen LogP contribution in [0.3, 0.4) is 0 Å². The first-order valence-corrected chi connectivity index (χ1v) is 38.6. The minimum atomic E-state index is 0.287. The molecule has 11 nitrogen and oxygen atoms in total. The van der Waals surface area contributed by atoms with Gasteiger partial charge in [-0.15, -0.1) is 79.4 Å². The number of pyridine rings is 3. The molecule has 0 bridgehead atoms.